The lowest BCUT2D eigenvalue weighted by molar-refractivity contribution is -0.138. The van der Waals surface area contributed by atoms with Crippen LogP contribution in [0.5, 0.6) is 0 Å². The molecule has 0 radical (unpaired) electrons. The van der Waals surface area contributed by atoms with Crippen LogP contribution < -0.4 is 0 Å². The standard InChI is InChI=1S/C23H37N3O5S/c1-6-26-17(4)20(23(28)31-7-2)21(18(26)5)32(29,30)25-12-8-9-19(15-25)22(27)24-13-10-16(3)11-14-24/h16,19H,6-15H2,1-5H3/t19-/m0/s1. The zero-order valence-electron chi connectivity index (χ0n) is 20.0. The molecule has 180 valence electrons. The van der Waals surface area contributed by atoms with E-state index in [1.165, 1.54) is 4.31 Å². The largest absolute Gasteiger partial charge is 0.462 e. The van der Waals surface area contributed by atoms with Crippen molar-refractivity contribution in [2.24, 2.45) is 11.8 Å². The van der Waals surface area contributed by atoms with Crippen molar-refractivity contribution in [2.75, 3.05) is 32.8 Å². The molecular weight excluding hydrogens is 430 g/mol. The lowest BCUT2D eigenvalue weighted by atomic mass is 9.94. The molecule has 0 aromatic carbocycles. The van der Waals surface area contributed by atoms with Crippen LogP contribution in [0.2, 0.25) is 0 Å². The molecule has 0 saturated carbocycles. The first-order valence-corrected chi connectivity index (χ1v) is 13.2. The number of carbonyl (C=O) groups is 2. The van der Waals surface area contributed by atoms with E-state index in [4.69, 9.17) is 4.74 Å². The summed E-state index contributed by atoms with van der Waals surface area (Å²) in [6.45, 7) is 12.0. The highest BCUT2D eigenvalue weighted by molar-refractivity contribution is 7.89. The van der Waals surface area contributed by atoms with Gasteiger partial charge in [0, 0.05) is 44.1 Å². The van der Waals surface area contributed by atoms with Crippen LogP contribution in [0.4, 0.5) is 0 Å². The van der Waals surface area contributed by atoms with Crippen LogP contribution in [0.25, 0.3) is 0 Å². The van der Waals surface area contributed by atoms with Crippen molar-refractivity contribution >= 4 is 21.9 Å². The molecule has 3 heterocycles. The maximum absolute atomic E-state index is 13.8. The number of rotatable bonds is 6. The van der Waals surface area contributed by atoms with Gasteiger partial charge in [-0.3, -0.25) is 4.79 Å². The summed E-state index contributed by atoms with van der Waals surface area (Å²) in [7, 11) is -3.96. The zero-order chi connectivity index (χ0) is 23.6. The van der Waals surface area contributed by atoms with Gasteiger partial charge in [0.25, 0.3) is 0 Å². The van der Waals surface area contributed by atoms with Gasteiger partial charge >= 0.3 is 5.97 Å². The maximum Gasteiger partial charge on any atom is 0.341 e. The monoisotopic (exact) mass is 467 g/mol. The highest BCUT2D eigenvalue weighted by Crippen LogP contribution is 2.33. The Morgan fingerprint density at radius 3 is 2.28 bits per heavy atom. The van der Waals surface area contributed by atoms with E-state index in [0.29, 0.717) is 43.2 Å². The predicted octanol–water partition coefficient (Wildman–Crippen LogP) is 2.96. The van der Waals surface area contributed by atoms with Crippen LogP contribution in [0.1, 0.15) is 68.2 Å². The zero-order valence-corrected chi connectivity index (χ0v) is 20.8. The first kappa shape index (κ1) is 24.8. The van der Waals surface area contributed by atoms with Crippen molar-refractivity contribution in [1.29, 1.82) is 0 Å². The first-order chi connectivity index (χ1) is 15.1. The molecular formula is C23H37N3O5S. The van der Waals surface area contributed by atoms with Gasteiger partial charge < -0.3 is 14.2 Å². The van der Waals surface area contributed by atoms with Gasteiger partial charge in [0.05, 0.1) is 12.5 Å². The second-order valence-corrected chi connectivity index (χ2v) is 10.9. The molecule has 2 fully saturated rings. The summed E-state index contributed by atoms with van der Waals surface area (Å²) in [5.74, 6) is -0.280. The van der Waals surface area contributed by atoms with Gasteiger partial charge in [0.2, 0.25) is 15.9 Å². The summed E-state index contributed by atoms with van der Waals surface area (Å²) < 4.78 is 36.0. The number of carbonyl (C=O) groups excluding carboxylic acids is 2. The van der Waals surface area contributed by atoms with E-state index in [-0.39, 0.29) is 35.4 Å². The molecule has 0 N–H and O–H groups in total. The second-order valence-electron chi connectivity index (χ2n) is 9.05. The van der Waals surface area contributed by atoms with Gasteiger partial charge in [0.1, 0.15) is 10.5 Å². The van der Waals surface area contributed by atoms with Gasteiger partial charge in [0.15, 0.2) is 0 Å². The third kappa shape index (κ3) is 4.59. The number of hydrogen-bond donors (Lipinski definition) is 0. The quantitative estimate of drug-likeness (QED) is 0.600. The van der Waals surface area contributed by atoms with E-state index in [1.54, 1.807) is 20.8 Å². The molecule has 1 aromatic heterocycles. The molecule has 9 heteroatoms. The van der Waals surface area contributed by atoms with Crippen LogP contribution in [0.15, 0.2) is 4.90 Å². The highest BCUT2D eigenvalue weighted by Gasteiger charge is 2.40. The fraction of sp³-hybridized carbons (Fsp3) is 0.739. The minimum absolute atomic E-state index is 0.0233. The summed E-state index contributed by atoms with van der Waals surface area (Å²) in [6, 6.07) is 0. The lowest BCUT2D eigenvalue weighted by Gasteiger charge is -2.37. The maximum atomic E-state index is 13.8. The van der Waals surface area contributed by atoms with Gasteiger partial charge in [-0.2, -0.15) is 4.31 Å². The average molecular weight is 468 g/mol. The van der Waals surface area contributed by atoms with Crippen LogP contribution in [-0.2, 0) is 26.1 Å². The summed E-state index contributed by atoms with van der Waals surface area (Å²) in [4.78, 5) is 27.8. The van der Waals surface area contributed by atoms with Crippen LogP contribution in [0, 0.1) is 25.7 Å². The number of nitrogens with zero attached hydrogens (tertiary/aromatic N) is 3. The van der Waals surface area contributed by atoms with Crippen LogP contribution in [0.3, 0.4) is 0 Å². The fourth-order valence-corrected chi connectivity index (χ4v) is 7.04. The molecule has 0 spiro atoms. The minimum Gasteiger partial charge on any atom is -0.462 e. The normalized spacial score (nSPS) is 21.0. The number of hydrogen-bond acceptors (Lipinski definition) is 5. The third-order valence-electron chi connectivity index (χ3n) is 6.95. The fourth-order valence-electron chi connectivity index (χ4n) is 5.07. The number of aromatic nitrogens is 1. The molecule has 1 atom stereocenters. The minimum atomic E-state index is -3.96. The number of esters is 1. The number of likely N-dealkylation sites (tertiary alicyclic amines) is 1. The van der Waals surface area contributed by atoms with Crippen molar-refractivity contribution in [2.45, 2.75) is 71.7 Å². The number of sulfonamides is 1. The lowest BCUT2D eigenvalue weighted by Crippen LogP contribution is -2.48. The van der Waals surface area contributed by atoms with Crippen LogP contribution in [-0.4, -0.2) is 66.9 Å². The predicted molar refractivity (Wildman–Crippen MR) is 122 cm³/mol. The first-order valence-electron chi connectivity index (χ1n) is 11.8. The molecule has 1 aromatic rings. The summed E-state index contributed by atoms with van der Waals surface area (Å²) in [5, 5.41) is 0. The average Bonchev–Trinajstić information content (AvgIpc) is 3.04. The molecule has 2 aliphatic rings. The van der Waals surface area contributed by atoms with Crippen molar-refractivity contribution in [1.82, 2.24) is 13.8 Å². The van der Waals surface area contributed by atoms with Crippen molar-refractivity contribution in [3.63, 3.8) is 0 Å². The third-order valence-corrected chi connectivity index (χ3v) is 8.98. The van der Waals surface area contributed by atoms with E-state index < -0.39 is 16.0 Å². The Morgan fingerprint density at radius 1 is 1.03 bits per heavy atom. The molecule has 2 saturated heterocycles. The number of piperidine rings is 2. The Balaban J connectivity index is 1.91. The number of ether oxygens (including phenoxy) is 1. The molecule has 3 rings (SSSR count). The second kappa shape index (κ2) is 9.95. The Bertz CT molecular complexity index is 961. The number of amides is 1. The van der Waals surface area contributed by atoms with E-state index >= 15 is 0 Å². The van der Waals surface area contributed by atoms with E-state index in [2.05, 4.69) is 6.92 Å². The Kier molecular flexibility index (Phi) is 7.70. The van der Waals surface area contributed by atoms with Gasteiger partial charge in [-0.05, 0) is 59.3 Å². The van der Waals surface area contributed by atoms with Crippen molar-refractivity contribution in [3.05, 3.63) is 17.0 Å². The van der Waals surface area contributed by atoms with Crippen molar-refractivity contribution in [3.8, 4) is 0 Å². The summed E-state index contributed by atoms with van der Waals surface area (Å²) in [5.41, 5.74) is 1.24. The molecule has 0 bridgehead atoms. The van der Waals surface area contributed by atoms with Crippen molar-refractivity contribution < 1.29 is 22.7 Å². The molecule has 0 unspecified atom stereocenters. The molecule has 32 heavy (non-hydrogen) atoms. The van der Waals surface area contributed by atoms with E-state index in [1.807, 2.05) is 16.4 Å². The Morgan fingerprint density at radius 2 is 1.69 bits per heavy atom. The van der Waals surface area contributed by atoms with E-state index in [0.717, 1.165) is 25.9 Å². The molecule has 2 aliphatic heterocycles. The van der Waals surface area contributed by atoms with Gasteiger partial charge in [-0.15, -0.1) is 0 Å². The Hall–Kier alpha value is -1.87. The Labute approximate surface area is 191 Å². The van der Waals surface area contributed by atoms with E-state index in [9.17, 15) is 18.0 Å². The summed E-state index contributed by atoms with van der Waals surface area (Å²) in [6.07, 6.45) is 3.30. The van der Waals surface area contributed by atoms with Gasteiger partial charge in [-0.25, -0.2) is 13.2 Å². The van der Waals surface area contributed by atoms with Crippen LogP contribution >= 0.6 is 0 Å². The smallest absolute Gasteiger partial charge is 0.341 e. The molecule has 0 aliphatic carbocycles. The molecule has 8 nitrogen and oxygen atoms in total. The summed E-state index contributed by atoms with van der Waals surface area (Å²) >= 11 is 0. The topological polar surface area (TPSA) is 88.9 Å². The molecule has 1 amide bonds. The SMILES string of the molecule is CCOC(=O)c1c(S(=O)(=O)N2CCC[C@H](C(=O)N3CCC(C)CC3)C2)c(C)n(CC)c1C. The highest BCUT2D eigenvalue weighted by atomic mass is 32.2. The van der Waals surface area contributed by atoms with Gasteiger partial charge in [-0.1, -0.05) is 6.92 Å².